The number of aromatic nitrogens is 1. The summed E-state index contributed by atoms with van der Waals surface area (Å²) in [7, 11) is -8.09. The molecular formula is C25H20Cl2N4O5S2. The summed E-state index contributed by atoms with van der Waals surface area (Å²) in [4.78, 5) is 16.8. The number of pyridine rings is 1. The summed E-state index contributed by atoms with van der Waals surface area (Å²) in [6, 6.07) is 22.0. The Bertz CT molecular complexity index is 1650. The van der Waals surface area contributed by atoms with Crippen LogP contribution in [0.3, 0.4) is 0 Å². The Kier molecular flexibility index (Phi) is 8.22. The second-order valence-corrected chi connectivity index (χ2v) is 12.2. The predicted octanol–water partition coefficient (Wildman–Crippen LogP) is 5.02. The Hall–Kier alpha value is -3.64. The Morgan fingerprint density at radius 2 is 1.50 bits per heavy atom. The van der Waals surface area contributed by atoms with E-state index in [9.17, 15) is 21.6 Å². The van der Waals surface area contributed by atoms with E-state index in [4.69, 9.17) is 23.2 Å². The van der Waals surface area contributed by atoms with Crippen molar-refractivity contribution in [2.24, 2.45) is 0 Å². The quantitative estimate of drug-likeness (QED) is 0.282. The molecule has 9 nitrogen and oxygen atoms in total. The second-order valence-electron chi connectivity index (χ2n) is 7.81. The van der Waals surface area contributed by atoms with Crippen LogP contribution in [0.5, 0.6) is 0 Å². The number of carbonyl (C=O) groups excluding carboxylic acids is 1. The summed E-state index contributed by atoms with van der Waals surface area (Å²) in [5, 5.41) is 2.92. The van der Waals surface area contributed by atoms with Crippen molar-refractivity contribution < 1.29 is 21.6 Å². The smallest absolute Gasteiger partial charge is 0.264 e. The third-order valence-electron chi connectivity index (χ3n) is 5.15. The number of anilines is 3. The molecule has 0 spiro atoms. The van der Waals surface area contributed by atoms with Gasteiger partial charge in [0.2, 0.25) is 5.91 Å². The van der Waals surface area contributed by atoms with Gasteiger partial charge in [0.1, 0.15) is 12.4 Å². The first kappa shape index (κ1) is 27.4. The highest BCUT2D eigenvalue weighted by Crippen LogP contribution is 2.32. The molecule has 1 heterocycles. The molecule has 38 heavy (non-hydrogen) atoms. The number of sulfonamides is 2. The Morgan fingerprint density at radius 1 is 0.816 bits per heavy atom. The average molecular weight is 591 g/mol. The van der Waals surface area contributed by atoms with Crippen LogP contribution in [0.1, 0.15) is 0 Å². The summed E-state index contributed by atoms with van der Waals surface area (Å²) < 4.78 is 55.3. The van der Waals surface area contributed by atoms with Crippen LogP contribution in [0.25, 0.3) is 0 Å². The van der Waals surface area contributed by atoms with Crippen molar-refractivity contribution in [1.29, 1.82) is 0 Å². The summed E-state index contributed by atoms with van der Waals surface area (Å²) in [6.07, 6.45) is 1.45. The zero-order valence-corrected chi connectivity index (χ0v) is 22.6. The minimum atomic E-state index is -4.18. The SMILES string of the molecule is O=C(CN(c1ccc(Cl)cc1Cl)S(=O)(=O)c1ccccc1)Nc1ccc(S(=O)(=O)Nc2ccccn2)cc1. The molecule has 2 N–H and O–H groups in total. The summed E-state index contributed by atoms with van der Waals surface area (Å²) in [5.41, 5.74) is 0.322. The summed E-state index contributed by atoms with van der Waals surface area (Å²) in [6.45, 7) is -0.611. The van der Waals surface area contributed by atoms with Crippen molar-refractivity contribution in [1.82, 2.24) is 4.98 Å². The lowest BCUT2D eigenvalue weighted by Crippen LogP contribution is -2.38. The highest BCUT2D eigenvalue weighted by molar-refractivity contribution is 7.93. The van der Waals surface area contributed by atoms with Crippen molar-refractivity contribution in [2.45, 2.75) is 9.79 Å². The third-order valence-corrected chi connectivity index (χ3v) is 8.83. The highest BCUT2D eigenvalue weighted by Gasteiger charge is 2.29. The first-order chi connectivity index (χ1) is 18.1. The maximum atomic E-state index is 13.4. The molecule has 4 aromatic rings. The lowest BCUT2D eigenvalue weighted by atomic mass is 10.3. The first-order valence-corrected chi connectivity index (χ1v) is 14.6. The van der Waals surface area contributed by atoms with Gasteiger partial charge in [-0.2, -0.15) is 0 Å². The van der Waals surface area contributed by atoms with Crippen LogP contribution >= 0.6 is 23.2 Å². The molecule has 0 saturated carbocycles. The molecule has 0 fully saturated rings. The average Bonchev–Trinajstić information content (AvgIpc) is 2.89. The molecular weight excluding hydrogens is 571 g/mol. The molecule has 0 aliphatic heterocycles. The second kappa shape index (κ2) is 11.4. The molecule has 0 atom stereocenters. The number of carbonyl (C=O) groups is 1. The molecule has 4 rings (SSSR count). The molecule has 0 bridgehead atoms. The van der Waals surface area contributed by atoms with E-state index in [-0.39, 0.29) is 32.0 Å². The van der Waals surface area contributed by atoms with Gasteiger partial charge in [0, 0.05) is 16.9 Å². The monoisotopic (exact) mass is 590 g/mol. The van der Waals surface area contributed by atoms with E-state index in [2.05, 4.69) is 15.0 Å². The number of halogens is 2. The molecule has 0 aliphatic rings. The van der Waals surface area contributed by atoms with Crippen LogP contribution < -0.4 is 14.3 Å². The number of nitrogens with one attached hydrogen (secondary N) is 2. The van der Waals surface area contributed by atoms with Crippen molar-refractivity contribution in [3.8, 4) is 0 Å². The standard InChI is InChI=1S/C25H20Cl2N4O5S2/c26-18-9-14-23(22(27)16-18)31(38(35,36)21-6-2-1-3-7-21)17-25(32)29-19-10-12-20(13-11-19)37(33,34)30-24-8-4-5-15-28-24/h1-16H,17H2,(H,28,30)(H,29,32). The molecule has 1 amide bonds. The summed E-state index contributed by atoms with van der Waals surface area (Å²) >= 11 is 12.3. The van der Waals surface area contributed by atoms with Gasteiger partial charge >= 0.3 is 0 Å². The zero-order valence-electron chi connectivity index (χ0n) is 19.5. The number of hydrogen-bond donors (Lipinski definition) is 2. The van der Waals surface area contributed by atoms with E-state index in [0.717, 1.165) is 4.31 Å². The molecule has 0 saturated heterocycles. The minimum Gasteiger partial charge on any atom is -0.325 e. The van der Waals surface area contributed by atoms with Gasteiger partial charge in [-0.3, -0.25) is 13.8 Å². The number of benzene rings is 3. The molecule has 13 heteroatoms. The maximum Gasteiger partial charge on any atom is 0.264 e. The topological polar surface area (TPSA) is 126 Å². The minimum absolute atomic E-state index is 0.0335. The van der Waals surface area contributed by atoms with E-state index in [0.29, 0.717) is 5.02 Å². The van der Waals surface area contributed by atoms with Crippen LogP contribution in [-0.4, -0.2) is 34.3 Å². The van der Waals surface area contributed by atoms with Crippen molar-refractivity contribution in [3.05, 3.63) is 107 Å². The van der Waals surface area contributed by atoms with Gasteiger partial charge in [-0.05, 0) is 66.7 Å². The number of nitrogens with zero attached hydrogens (tertiary/aromatic N) is 2. The van der Waals surface area contributed by atoms with E-state index in [1.807, 2.05) is 0 Å². The van der Waals surface area contributed by atoms with E-state index in [1.165, 1.54) is 66.9 Å². The van der Waals surface area contributed by atoms with Crippen molar-refractivity contribution >= 4 is 66.3 Å². The largest absolute Gasteiger partial charge is 0.325 e. The van der Waals surface area contributed by atoms with E-state index in [1.54, 1.807) is 30.3 Å². The molecule has 0 unspecified atom stereocenters. The fourth-order valence-corrected chi connectivity index (χ4v) is 6.40. The Labute approximate surface area is 230 Å². The van der Waals surface area contributed by atoms with Gasteiger partial charge in [-0.15, -0.1) is 0 Å². The lowest BCUT2D eigenvalue weighted by molar-refractivity contribution is -0.114. The highest BCUT2D eigenvalue weighted by atomic mass is 35.5. The predicted molar refractivity (Wildman–Crippen MR) is 148 cm³/mol. The molecule has 0 radical (unpaired) electrons. The van der Waals surface area contributed by atoms with Gasteiger partial charge in [0.25, 0.3) is 20.0 Å². The fraction of sp³-hybridized carbons (Fsp3) is 0.0400. The molecule has 0 aliphatic carbocycles. The van der Waals surface area contributed by atoms with Gasteiger partial charge < -0.3 is 5.32 Å². The Morgan fingerprint density at radius 3 is 2.13 bits per heavy atom. The zero-order chi connectivity index (χ0) is 27.3. The van der Waals surface area contributed by atoms with Crippen molar-refractivity contribution in [3.63, 3.8) is 0 Å². The summed E-state index contributed by atoms with van der Waals surface area (Å²) in [5.74, 6) is -0.525. The first-order valence-electron chi connectivity index (χ1n) is 10.9. The van der Waals surface area contributed by atoms with Crippen LogP contribution in [0, 0.1) is 0 Å². The number of rotatable bonds is 9. The van der Waals surface area contributed by atoms with Gasteiger partial charge in [-0.1, -0.05) is 47.5 Å². The van der Waals surface area contributed by atoms with E-state index >= 15 is 0 Å². The third kappa shape index (κ3) is 6.43. The normalized spacial score (nSPS) is 11.5. The van der Waals surface area contributed by atoms with Gasteiger partial charge in [-0.25, -0.2) is 21.8 Å². The maximum absolute atomic E-state index is 13.4. The Balaban J connectivity index is 1.55. The molecule has 196 valence electrons. The van der Waals surface area contributed by atoms with E-state index < -0.39 is 32.5 Å². The van der Waals surface area contributed by atoms with Crippen LogP contribution in [0.15, 0.2) is 107 Å². The number of amides is 1. The molecule has 3 aromatic carbocycles. The van der Waals surface area contributed by atoms with Crippen LogP contribution in [0.2, 0.25) is 10.0 Å². The van der Waals surface area contributed by atoms with Crippen LogP contribution in [-0.2, 0) is 24.8 Å². The number of hydrogen-bond acceptors (Lipinski definition) is 6. The van der Waals surface area contributed by atoms with Gasteiger partial charge in [0.15, 0.2) is 0 Å². The lowest BCUT2D eigenvalue weighted by Gasteiger charge is -2.25. The van der Waals surface area contributed by atoms with Crippen LogP contribution in [0.4, 0.5) is 17.2 Å². The fourth-order valence-electron chi connectivity index (χ4n) is 3.37. The van der Waals surface area contributed by atoms with Crippen molar-refractivity contribution in [2.75, 3.05) is 20.9 Å². The molecule has 1 aromatic heterocycles. The van der Waals surface area contributed by atoms with Gasteiger partial charge in [0.05, 0.1) is 20.5 Å².